The minimum absolute atomic E-state index is 0.145. The van der Waals surface area contributed by atoms with E-state index < -0.39 is 15.4 Å². The second-order valence-corrected chi connectivity index (χ2v) is 21.0. The Morgan fingerprint density at radius 1 is 1.33 bits per heavy atom. The van der Waals surface area contributed by atoms with Crippen molar-refractivity contribution in [3.05, 3.63) is 0 Å². The maximum absolute atomic E-state index is 6.32. The van der Waals surface area contributed by atoms with Gasteiger partial charge in [-0.3, -0.25) is 0 Å². The summed E-state index contributed by atoms with van der Waals surface area (Å²) in [6.07, 6.45) is 2.31. The van der Waals surface area contributed by atoms with E-state index in [1.54, 1.807) is 0 Å². The summed E-state index contributed by atoms with van der Waals surface area (Å²) in [5, 5.41) is 0. The highest BCUT2D eigenvalue weighted by atomic mass is 29.3. The van der Waals surface area contributed by atoms with Crippen LogP contribution < -0.4 is 11.5 Å². The Bertz CT molecular complexity index is 221. The average Bonchev–Trinajstić information content (AvgIpc) is 2.10. The number of rotatable bonds is 3. The van der Waals surface area contributed by atoms with Gasteiger partial charge in [-0.2, -0.15) is 0 Å². The van der Waals surface area contributed by atoms with E-state index in [0.717, 1.165) is 12.8 Å². The second-order valence-electron chi connectivity index (χ2n) is 5.83. The smallest absolute Gasteiger partial charge is 0.174 e. The zero-order chi connectivity index (χ0) is 11.7. The summed E-state index contributed by atoms with van der Waals surface area (Å²) in [7, 11) is -2.55. The molecule has 0 amide bonds. The fourth-order valence-corrected chi connectivity index (χ4v) is 8.71. The van der Waals surface area contributed by atoms with Gasteiger partial charge >= 0.3 is 0 Å². The van der Waals surface area contributed by atoms with Crippen LogP contribution >= 0.6 is 0 Å². The van der Waals surface area contributed by atoms with E-state index in [4.69, 9.17) is 15.9 Å². The fraction of sp³-hybridized carbons (Fsp3) is 1.00. The summed E-state index contributed by atoms with van der Waals surface area (Å²) in [6, 6.07) is 1.52. The minimum atomic E-state index is -1.45. The SMILES string of the molecule is C[Si]1(C)CCC(C(N)CCN)O[Si]1(C)C. The largest absolute Gasteiger partial charge is 0.416 e. The zero-order valence-electron chi connectivity index (χ0n) is 10.5. The monoisotopic (exact) mass is 246 g/mol. The molecule has 0 radical (unpaired) electrons. The molecule has 2 atom stereocenters. The predicted molar refractivity (Wildman–Crippen MR) is 70.9 cm³/mol. The highest BCUT2D eigenvalue weighted by Gasteiger charge is 2.48. The van der Waals surface area contributed by atoms with Gasteiger partial charge in [-0.25, -0.2) is 0 Å². The summed E-state index contributed by atoms with van der Waals surface area (Å²) < 4.78 is 6.32. The van der Waals surface area contributed by atoms with E-state index in [1.165, 1.54) is 6.04 Å². The third kappa shape index (κ3) is 2.91. The first-order valence-corrected chi connectivity index (χ1v) is 13.1. The van der Waals surface area contributed by atoms with Gasteiger partial charge in [0, 0.05) is 6.04 Å². The highest BCUT2D eigenvalue weighted by Crippen LogP contribution is 2.34. The lowest BCUT2D eigenvalue weighted by Gasteiger charge is -2.47. The van der Waals surface area contributed by atoms with Crippen molar-refractivity contribution in [2.24, 2.45) is 11.5 Å². The molecular formula is C10H26N2OSi2. The van der Waals surface area contributed by atoms with Crippen molar-refractivity contribution in [1.82, 2.24) is 0 Å². The van der Waals surface area contributed by atoms with Crippen LogP contribution in [0.5, 0.6) is 0 Å². The molecule has 1 rings (SSSR count). The van der Waals surface area contributed by atoms with Crippen LogP contribution in [0.1, 0.15) is 12.8 Å². The van der Waals surface area contributed by atoms with Crippen molar-refractivity contribution in [2.45, 2.75) is 57.2 Å². The lowest BCUT2D eigenvalue weighted by Crippen LogP contribution is -2.64. The van der Waals surface area contributed by atoms with Crippen LogP contribution in [-0.4, -0.2) is 34.1 Å². The molecule has 2 unspecified atom stereocenters. The number of nitrogens with two attached hydrogens (primary N) is 2. The van der Waals surface area contributed by atoms with Gasteiger partial charge in [0.25, 0.3) is 0 Å². The molecule has 1 heterocycles. The molecule has 0 bridgehead atoms. The van der Waals surface area contributed by atoms with E-state index in [1.807, 2.05) is 0 Å². The first-order valence-electron chi connectivity index (χ1n) is 5.93. The predicted octanol–water partition coefficient (Wildman–Crippen LogP) is 1.44. The van der Waals surface area contributed by atoms with Gasteiger partial charge in [-0.05, 0) is 32.5 Å². The molecule has 5 heteroatoms. The normalized spacial score (nSPS) is 31.2. The van der Waals surface area contributed by atoms with Crippen molar-refractivity contribution >= 4 is 15.4 Å². The Kier molecular flexibility index (Phi) is 4.16. The van der Waals surface area contributed by atoms with Crippen molar-refractivity contribution in [3.63, 3.8) is 0 Å². The fourth-order valence-electron chi connectivity index (χ4n) is 2.08. The Morgan fingerprint density at radius 2 is 1.93 bits per heavy atom. The van der Waals surface area contributed by atoms with Crippen molar-refractivity contribution in [1.29, 1.82) is 0 Å². The Morgan fingerprint density at radius 3 is 2.40 bits per heavy atom. The molecule has 1 aliphatic rings. The molecular weight excluding hydrogens is 220 g/mol. The molecule has 0 aromatic carbocycles. The van der Waals surface area contributed by atoms with Crippen molar-refractivity contribution < 1.29 is 4.43 Å². The molecule has 0 spiro atoms. The molecule has 1 fully saturated rings. The topological polar surface area (TPSA) is 61.3 Å². The lowest BCUT2D eigenvalue weighted by atomic mass is 10.1. The van der Waals surface area contributed by atoms with Crippen molar-refractivity contribution in [2.75, 3.05) is 6.54 Å². The molecule has 0 aliphatic carbocycles. The minimum Gasteiger partial charge on any atom is -0.416 e. The maximum atomic E-state index is 6.32. The van der Waals surface area contributed by atoms with E-state index >= 15 is 0 Å². The van der Waals surface area contributed by atoms with Crippen LogP contribution in [0.3, 0.4) is 0 Å². The summed E-state index contributed by atoms with van der Waals surface area (Å²) in [5.41, 5.74) is 11.6. The van der Waals surface area contributed by atoms with E-state index in [0.29, 0.717) is 6.54 Å². The maximum Gasteiger partial charge on any atom is 0.174 e. The van der Waals surface area contributed by atoms with Gasteiger partial charge in [-0.15, -0.1) is 0 Å². The molecule has 3 nitrogen and oxygen atoms in total. The van der Waals surface area contributed by atoms with Crippen LogP contribution in [-0.2, 0) is 4.43 Å². The average molecular weight is 247 g/mol. The van der Waals surface area contributed by atoms with E-state index in [9.17, 15) is 0 Å². The van der Waals surface area contributed by atoms with Crippen LogP contribution in [0.2, 0.25) is 32.2 Å². The van der Waals surface area contributed by atoms with Gasteiger partial charge in [-0.1, -0.05) is 19.1 Å². The molecule has 0 aromatic heterocycles. The second kappa shape index (κ2) is 4.67. The highest BCUT2D eigenvalue weighted by molar-refractivity contribution is 7.38. The molecule has 90 valence electrons. The molecule has 1 aliphatic heterocycles. The van der Waals surface area contributed by atoms with Gasteiger partial charge in [0.1, 0.15) is 0 Å². The van der Waals surface area contributed by atoms with Gasteiger partial charge in [0.05, 0.1) is 13.7 Å². The Hall–Kier alpha value is 0.314. The summed E-state index contributed by atoms with van der Waals surface area (Å²) in [4.78, 5) is 0. The summed E-state index contributed by atoms with van der Waals surface area (Å²) in [5.74, 6) is 0. The Balaban J connectivity index is 2.62. The van der Waals surface area contributed by atoms with E-state index in [2.05, 4.69) is 26.2 Å². The standard InChI is InChI=1S/C10H26N2OSi2/c1-14(2)8-6-10(9(12)5-7-11)13-15(14,3)4/h9-10H,5-8,11-12H2,1-4H3. The van der Waals surface area contributed by atoms with Crippen LogP contribution in [0.15, 0.2) is 0 Å². The third-order valence-corrected chi connectivity index (χ3v) is 20.7. The summed E-state index contributed by atoms with van der Waals surface area (Å²) in [6.45, 7) is 10.3. The first kappa shape index (κ1) is 13.4. The molecule has 4 N–H and O–H groups in total. The van der Waals surface area contributed by atoms with Crippen LogP contribution in [0, 0.1) is 0 Å². The molecule has 1 saturated heterocycles. The molecule has 15 heavy (non-hydrogen) atoms. The Labute approximate surface area is 95.5 Å². The summed E-state index contributed by atoms with van der Waals surface area (Å²) >= 11 is 0. The quantitative estimate of drug-likeness (QED) is 0.741. The van der Waals surface area contributed by atoms with Gasteiger partial charge in [0.2, 0.25) is 0 Å². The van der Waals surface area contributed by atoms with Crippen LogP contribution in [0.25, 0.3) is 0 Å². The third-order valence-electron chi connectivity index (χ3n) is 4.11. The zero-order valence-corrected chi connectivity index (χ0v) is 12.5. The first-order chi connectivity index (χ1) is 6.80. The van der Waals surface area contributed by atoms with Crippen LogP contribution in [0.4, 0.5) is 0 Å². The van der Waals surface area contributed by atoms with Gasteiger partial charge in [0.15, 0.2) is 7.83 Å². The lowest BCUT2D eigenvalue weighted by molar-refractivity contribution is 0.152. The van der Waals surface area contributed by atoms with Gasteiger partial charge < -0.3 is 15.9 Å². The molecule has 0 aromatic rings. The number of hydrogen-bond acceptors (Lipinski definition) is 3. The van der Waals surface area contributed by atoms with E-state index in [-0.39, 0.29) is 12.1 Å². The molecule has 0 saturated carbocycles. The van der Waals surface area contributed by atoms with Crippen molar-refractivity contribution in [3.8, 4) is 0 Å². The number of hydrogen-bond donors (Lipinski definition) is 2.